The molecule has 2 heterocycles. The molecule has 1 fully saturated rings. The predicted octanol–water partition coefficient (Wildman–Crippen LogP) is 1.78. The summed E-state index contributed by atoms with van der Waals surface area (Å²) in [6, 6.07) is 5.93. The summed E-state index contributed by atoms with van der Waals surface area (Å²) in [5.41, 5.74) is 0.769. The number of piperidine rings is 1. The Morgan fingerprint density at radius 3 is 2.90 bits per heavy atom. The zero-order valence-electron chi connectivity index (χ0n) is 11.6. The van der Waals surface area contributed by atoms with Crippen molar-refractivity contribution in [2.45, 2.75) is 25.8 Å². The first-order valence-electron chi connectivity index (χ1n) is 7.16. The molecule has 1 saturated heterocycles. The van der Waals surface area contributed by atoms with E-state index in [1.165, 1.54) is 0 Å². The van der Waals surface area contributed by atoms with Crippen LogP contribution in [-0.2, 0) is 4.79 Å². The van der Waals surface area contributed by atoms with Crippen LogP contribution in [0.3, 0.4) is 0 Å². The molecule has 2 unspecified atom stereocenters. The van der Waals surface area contributed by atoms with Crippen LogP contribution >= 0.6 is 0 Å². The lowest BCUT2D eigenvalue weighted by atomic mass is 9.92. The van der Waals surface area contributed by atoms with Crippen LogP contribution in [0, 0.1) is 5.92 Å². The fourth-order valence-electron chi connectivity index (χ4n) is 2.74. The van der Waals surface area contributed by atoms with Gasteiger partial charge in [-0.2, -0.15) is 0 Å². The number of ether oxygens (including phenoxy) is 2. The lowest BCUT2D eigenvalue weighted by Crippen LogP contribution is -2.40. The van der Waals surface area contributed by atoms with Crippen molar-refractivity contribution in [3.05, 3.63) is 18.2 Å². The average Bonchev–Trinajstić information content (AvgIpc) is 2.47. The summed E-state index contributed by atoms with van der Waals surface area (Å²) in [7, 11) is 0. The first-order valence-corrected chi connectivity index (χ1v) is 7.16. The average molecular weight is 276 g/mol. The number of carbonyl (C=O) groups is 1. The molecular weight excluding hydrogens is 256 g/mol. The third kappa shape index (κ3) is 2.88. The van der Waals surface area contributed by atoms with E-state index in [4.69, 9.17) is 9.47 Å². The maximum Gasteiger partial charge on any atom is 0.227 e. The Kier molecular flexibility index (Phi) is 3.78. The van der Waals surface area contributed by atoms with E-state index in [1.54, 1.807) is 0 Å². The molecule has 20 heavy (non-hydrogen) atoms. The molecule has 5 nitrogen and oxygen atoms in total. The zero-order valence-corrected chi connectivity index (χ0v) is 11.6. The number of anilines is 1. The first-order chi connectivity index (χ1) is 9.72. The minimum atomic E-state index is 0.0828. The van der Waals surface area contributed by atoms with E-state index in [1.807, 2.05) is 18.2 Å². The zero-order chi connectivity index (χ0) is 13.9. The van der Waals surface area contributed by atoms with Gasteiger partial charge in [0.1, 0.15) is 13.2 Å². The van der Waals surface area contributed by atoms with Crippen LogP contribution in [0.15, 0.2) is 18.2 Å². The highest BCUT2D eigenvalue weighted by Gasteiger charge is 2.25. The van der Waals surface area contributed by atoms with E-state index in [-0.39, 0.29) is 11.8 Å². The van der Waals surface area contributed by atoms with Crippen molar-refractivity contribution in [2.75, 3.05) is 25.1 Å². The standard InChI is InChI=1S/C15H20N2O3/c1-10-8-11(4-5-16-10)15(18)17-12-2-3-13-14(9-12)20-7-6-19-13/h2-3,9-11,16H,4-8H2,1H3,(H,17,18). The van der Waals surface area contributed by atoms with E-state index < -0.39 is 0 Å². The predicted molar refractivity (Wildman–Crippen MR) is 76.3 cm³/mol. The maximum atomic E-state index is 12.3. The number of hydrogen-bond acceptors (Lipinski definition) is 4. The number of fused-ring (bicyclic) bond motifs is 1. The van der Waals surface area contributed by atoms with Crippen LogP contribution < -0.4 is 20.1 Å². The van der Waals surface area contributed by atoms with Crippen molar-refractivity contribution in [1.29, 1.82) is 0 Å². The van der Waals surface area contributed by atoms with Crippen LogP contribution in [0.5, 0.6) is 11.5 Å². The largest absolute Gasteiger partial charge is 0.486 e. The SMILES string of the molecule is CC1CC(C(=O)Nc2ccc3c(c2)OCCO3)CCN1. The molecule has 2 N–H and O–H groups in total. The van der Waals surface area contributed by atoms with Gasteiger partial charge in [-0.15, -0.1) is 0 Å². The van der Waals surface area contributed by atoms with Crippen molar-refractivity contribution < 1.29 is 14.3 Å². The van der Waals surface area contributed by atoms with Gasteiger partial charge in [0, 0.05) is 23.7 Å². The van der Waals surface area contributed by atoms with Crippen LogP contribution in [0.1, 0.15) is 19.8 Å². The van der Waals surface area contributed by atoms with E-state index in [9.17, 15) is 4.79 Å². The topological polar surface area (TPSA) is 59.6 Å². The Hall–Kier alpha value is -1.75. The molecular formula is C15H20N2O3. The minimum absolute atomic E-state index is 0.0828. The maximum absolute atomic E-state index is 12.3. The number of amides is 1. The highest BCUT2D eigenvalue weighted by molar-refractivity contribution is 5.93. The van der Waals surface area contributed by atoms with Gasteiger partial charge in [0.15, 0.2) is 11.5 Å². The molecule has 1 aromatic carbocycles. The summed E-state index contributed by atoms with van der Waals surface area (Å²) in [4.78, 5) is 12.3. The lowest BCUT2D eigenvalue weighted by Gasteiger charge is -2.27. The van der Waals surface area contributed by atoms with E-state index in [0.717, 1.165) is 30.8 Å². The van der Waals surface area contributed by atoms with Crippen LogP contribution in [0.25, 0.3) is 0 Å². The first kappa shape index (κ1) is 13.2. The van der Waals surface area contributed by atoms with Gasteiger partial charge in [-0.05, 0) is 38.4 Å². The molecule has 3 rings (SSSR count). The molecule has 0 bridgehead atoms. The summed E-state index contributed by atoms with van der Waals surface area (Å²) in [6.07, 6.45) is 1.77. The van der Waals surface area contributed by atoms with E-state index in [0.29, 0.717) is 25.0 Å². The number of carbonyl (C=O) groups excluding carboxylic acids is 1. The molecule has 0 spiro atoms. The van der Waals surface area contributed by atoms with E-state index in [2.05, 4.69) is 17.6 Å². The van der Waals surface area contributed by atoms with Gasteiger partial charge in [-0.1, -0.05) is 0 Å². The quantitative estimate of drug-likeness (QED) is 0.864. The smallest absolute Gasteiger partial charge is 0.227 e. The van der Waals surface area contributed by atoms with Gasteiger partial charge < -0.3 is 20.1 Å². The third-order valence-electron chi connectivity index (χ3n) is 3.80. The van der Waals surface area contributed by atoms with E-state index >= 15 is 0 Å². The fraction of sp³-hybridized carbons (Fsp3) is 0.533. The molecule has 108 valence electrons. The van der Waals surface area contributed by atoms with Crippen molar-refractivity contribution >= 4 is 11.6 Å². The Balaban J connectivity index is 1.66. The summed E-state index contributed by atoms with van der Waals surface area (Å²) >= 11 is 0. The summed E-state index contributed by atoms with van der Waals surface area (Å²) in [5.74, 6) is 1.62. The molecule has 0 aromatic heterocycles. The summed E-state index contributed by atoms with van der Waals surface area (Å²) in [5, 5.41) is 6.34. The third-order valence-corrected chi connectivity index (χ3v) is 3.80. The second kappa shape index (κ2) is 5.71. The highest BCUT2D eigenvalue weighted by Crippen LogP contribution is 2.33. The molecule has 0 saturated carbocycles. The van der Waals surface area contributed by atoms with Gasteiger partial charge in [0.05, 0.1) is 0 Å². The second-order valence-corrected chi connectivity index (χ2v) is 5.42. The second-order valence-electron chi connectivity index (χ2n) is 5.42. The number of benzene rings is 1. The Morgan fingerprint density at radius 1 is 1.30 bits per heavy atom. The van der Waals surface area contributed by atoms with Gasteiger partial charge in [0.25, 0.3) is 0 Å². The van der Waals surface area contributed by atoms with Crippen molar-refractivity contribution in [3.63, 3.8) is 0 Å². The molecule has 1 amide bonds. The molecule has 5 heteroatoms. The Morgan fingerprint density at radius 2 is 2.10 bits per heavy atom. The summed E-state index contributed by atoms with van der Waals surface area (Å²) in [6.45, 7) is 4.14. The van der Waals surface area contributed by atoms with Crippen molar-refractivity contribution in [1.82, 2.24) is 5.32 Å². The van der Waals surface area contributed by atoms with Crippen LogP contribution in [-0.4, -0.2) is 31.7 Å². The van der Waals surface area contributed by atoms with Crippen LogP contribution in [0.2, 0.25) is 0 Å². The normalized spacial score (nSPS) is 25.1. The minimum Gasteiger partial charge on any atom is -0.486 e. The van der Waals surface area contributed by atoms with Gasteiger partial charge in [-0.3, -0.25) is 4.79 Å². The Bertz CT molecular complexity index is 504. The highest BCUT2D eigenvalue weighted by atomic mass is 16.6. The molecule has 1 aromatic rings. The van der Waals surface area contributed by atoms with Gasteiger partial charge in [0.2, 0.25) is 5.91 Å². The van der Waals surface area contributed by atoms with Crippen molar-refractivity contribution in [3.8, 4) is 11.5 Å². The van der Waals surface area contributed by atoms with Gasteiger partial charge in [-0.25, -0.2) is 0 Å². The summed E-state index contributed by atoms with van der Waals surface area (Å²) < 4.78 is 11.0. The van der Waals surface area contributed by atoms with Crippen molar-refractivity contribution in [2.24, 2.45) is 5.92 Å². The Labute approximate surface area is 118 Å². The molecule has 2 aliphatic heterocycles. The molecule has 2 atom stereocenters. The van der Waals surface area contributed by atoms with Gasteiger partial charge >= 0.3 is 0 Å². The number of rotatable bonds is 2. The molecule has 0 aliphatic carbocycles. The number of nitrogens with one attached hydrogen (secondary N) is 2. The fourth-order valence-corrected chi connectivity index (χ4v) is 2.74. The number of hydrogen-bond donors (Lipinski definition) is 2. The molecule has 2 aliphatic rings. The molecule has 0 radical (unpaired) electrons. The lowest BCUT2D eigenvalue weighted by molar-refractivity contribution is -0.120. The monoisotopic (exact) mass is 276 g/mol. The van der Waals surface area contributed by atoms with Crippen LogP contribution in [0.4, 0.5) is 5.69 Å².